The van der Waals surface area contributed by atoms with E-state index in [-0.39, 0.29) is 0 Å². The molecule has 2 heterocycles. The van der Waals surface area contributed by atoms with Crippen LogP contribution in [0.25, 0.3) is 0 Å². The van der Waals surface area contributed by atoms with Gasteiger partial charge >= 0.3 is 0 Å². The lowest BCUT2D eigenvalue weighted by atomic mass is 9.90. The summed E-state index contributed by atoms with van der Waals surface area (Å²) in [6.07, 6.45) is 3.95. The van der Waals surface area contributed by atoms with Gasteiger partial charge in [-0.15, -0.1) is 11.3 Å². The first-order valence-corrected chi connectivity index (χ1v) is 8.43. The molecule has 1 aromatic rings. The number of aromatic nitrogens is 1. The largest absolute Gasteiger partial charge is 0.308 e. The zero-order valence-electron chi connectivity index (χ0n) is 12.5. The molecule has 0 radical (unpaired) electrons. The highest BCUT2D eigenvalue weighted by molar-refractivity contribution is 7.09. The number of piperidine rings is 1. The molecule has 4 heteroatoms. The average molecular weight is 281 g/mol. The number of hydrogen-bond acceptors (Lipinski definition) is 4. The Kier molecular flexibility index (Phi) is 5.79. The first-order valence-electron chi connectivity index (χ1n) is 7.55. The molecule has 0 aromatic carbocycles. The van der Waals surface area contributed by atoms with Crippen molar-refractivity contribution in [3.63, 3.8) is 0 Å². The van der Waals surface area contributed by atoms with Crippen molar-refractivity contribution in [1.82, 2.24) is 15.2 Å². The predicted octanol–water partition coefficient (Wildman–Crippen LogP) is 3.05. The van der Waals surface area contributed by atoms with E-state index < -0.39 is 0 Å². The summed E-state index contributed by atoms with van der Waals surface area (Å²) >= 11 is 1.74. The molecule has 0 spiro atoms. The highest BCUT2D eigenvalue weighted by atomic mass is 32.1. The molecular formula is C15H27N3S. The SMILES string of the molecule is CCCN1CCC(C(C)NCc2csc(C)n2)CC1. The summed E-state index contributed by atoms with van der Waals surface area (Å²) in [6, 6.07) is 0.603. The van der Waals surface area contributed by atoms with E-state index in [9.17, 15) is 0 Å². The molecule has 1 saturated heterocycles. The maximum atomic E-state index is 4.51. The predicted molar refractivity (Wildman–Crippen MR) is 82.6 cm³/mol. The number of rotatable bonds is 6. The van der Waals surface area contributed by atoms with Gasteiger partial charge in [0.15, 0.2) is 0 Å². The standard InChI is InChI=1S/C15H27N3S/c1-4-7-18-8-5-14(6-9-18)12(2)16-10-15-11-19-13(3)17-15/h11-12,14,16H,4-10H2,1-3H3. The van der Waals surface area contributed by atoms with Crippen LogP contribution in [0, 0.1) is 12.8 Å². The number of likely N-dealkylation sites (tertiary alicyclic amines) is 1. The van der Waals surface area contributed by atoms with Crippen LogP contribution in [0.4, 0.5) is 0 Å². The molecular weight excluding hydrogens is 254 g/mol. The fraction of sp³-hybridized carbons (Fsp3) is 0.800. The van der Waals surface area contributed by atoms with Gasteiger partial charge in [-0.2, -0.15) is 0 Å². The fourth-order valence-electron chi connectivity index (χ4n) is 2.91. The van der Waals surface area contributed by atoms with Crippen LogP contribution < -0.4 is 5.32 Å². The third-order valence-corrected chi connectivity index (χ3v) is 4.97. The Balaban J connectivity index is 1.70. The molecule has 1 aromatic heterocycles. The van der Waals surface area contributed by atoms with Crippen LogP contribution in [0.3, 0.4) is 0 Å². The van der Waals surface area contributed by atoms with Crippen molar-refractivity contribution in [1.29, 1.82) is 0 Å². The molecule has 1 N–H and O–H groups in total. The molecule has 2 rings (SSSR count). The van der Waals surface area contributed by atoms with Gasteiger partial charge in [-0.1, -0.05) is 6.92 Å². The summed E-state index contributed by atoms with van der Waals surface area (Å²) in [5.41, 5.74) is 1.19. The Morgan fingerprint density at radius 3 is 2.79 bits per heavy atom. The number of hydrogen-bond donors (Lipinski definition) is 1. The number of nitrogens with one attached hydrogen (secondary N) is 1. The second-order valence-corrected chi connectivity index (χ2v) is 6.77. The third kappa shape index (κ3) is 4.55. The van der Waals surface area contributed by atoms with Gasteiger partial charge in [0.05, 0.1) is 10.7 Å². The Hall–Kier alpha value is -0.450. The van der Waals surface area contributed by atoms with Crippen LogP contribution in [0.5, 0.6) is 0 Å². The molecule has 1 fully saturated rings. The molecule has 0 bridgehead atoms. The summed E-state index contributed by atoms with van der Waals surface area (Å²) in [5, 5.41) is 6.98. The Bertz CT molecular complexity index is 369. The highest BCUT2D eigenvalue weighted by Crippen LogP contribution is 2.21. The smallest absolute Gasteiger partial charge is 0.0897 e. The van der Waals surface area contributed by atoms with Crippen LogP contribution in [0.15, 0.2) is 5.38 Å². The van der Waals surface area contributed by atoms with Crippen molar-refractivity contribution in [2.24, 2.45) is 5.92 Å². The fourth-order valence-corrected chi connectivity index (χ4v) is 3.53. The monoisotopic (exact) mass is 281 g/mol. The molecule has 1 atom stereocenters. The Labute approximate surface area is 121 Å². The van der Waals surface area contributed by atoms with Gasteiger partial charge < -0.3 is 10.2 Å². The van der Waals surface area contributed by atoms with Crippen molar-refractivity contribution in [3.8, 4) is 0 Å². The van der Waals surface area contributed by atoms with Crippen LogP contribution in [-0.4, -0.2) is 35.6 Å². The van der Waals surface area contributed by atoms with E-state index in [0.29, 0.717) is 6.04 Å². The van der Waals surface area contributed by atoms with Crippen LogP contribution in [0.2, 0.25) is 0 Å². The van der Waals surface area contributed by atoms with Gasteiger partial charge in [-0.05, 0) is 58.7 Å². The first kappa shape index (κ1) is 14.9. The third-order valence-electron chi connectivity index (χ3n) is 4.15. The van der Waals surface area contributed by atoms with Crippen LogP contribution in [0.1, 0.15) is 43.8 Å². The van der Waals surface area contributed by atoms with Gasteiger partial charge in [0, 0.05) is 18.0 Å². The minimum atomic E-state index is 0.603. The van der Waals surface area contributed by atoms with E-state index in [0.717, 1.165) is 17.5 Å². The quantitative estimate of drug-likeness (QED) is 0.868. The van der Waals surface area contributed by atoms with Crippen LogP contribution in [-0.2, 0) is 6.54 Å². The topological polar surface area (TPSA) is 28.2 Å². The van der Waals surface area contributed by atoms with Gasteiger partial charge in [-0.3, -0.25) is 0 Å². The Morgan fingerprint density at radius 1 is 1.47 bits per heavy atom. The van der Waals surface area contributed by atoms with E-state index >= 15 is 0 Å². The van der Waals surface area contributed by atoms with E-state index in [2.05, 4.69) is 41.4 Å². The molecule has 0 aliphatic carbocycles. The number of aryl methyl sites for hydroxylation is 1. The lowest BCUT2D eigenvalue weighted by Gasteiger charge is -2.35. The average Bonchev–Trinajstić information content (AvgIpc) is 2.83. The van der Waals surface area contributed by atoms with Crippen LogP contribution >= 0.6 is 11.3 Å². The minimum absolute atomic E-state index is 0.603. The lowest BCUT2D eigenvalue weighted by Crippen LogP contribution is -2.42. The zero-order chi connectivity index (χ0) is 13.7. The lowest BCUT2D eigenvalue weighted by molar-refractivity contribution is 0.162. The molecule has 1 unspecified atom stereocenters. The van der Waals surface area contributed by atoms with E-state index in [1.807, 2.05) is 0 Å². The zero-order valence-corrected chi connectivity index (χ0v) is 13.3. The van der Waals surface area contributed by atoms with Gasteiger partial charge in [-0.25, -0.2) is 4.98 Å². The normalized spacial score (nSPS) is 19.7. The maximum absolute atomic E-state index is 4.51. The van der Waals surface area contributed by atoms with E-state index in [4.69, 9.17) is 0 Å². The Morgan fingerprint density at radius 2 is 2.21 bits per heavy atom. The molecule has 108 valence electrons. The van der Waals surface area contributed by atoms with Crippen molar-refractivity contribution >= 4 is 11.3 Å². The highest BCUT2D eigenvalue weighted by Gasteiger charge is 2.23. The first-order chi connectivity index (χ1) is 9.19. The van der Waals surface area contributed by atoms with Gasteiger partial charge in [0.25, 0.3) is 0 Å². The summed E-state index contributed by atoms with van der Waals surface area (Å²) in [5.74, 6) is 0.827. The molecule has 1 aliphatic rings. The van der Waals surface area contributed by atoms with E-state index in [1.54, 1.807) is 11.3 Å². The second kappa shape index (κ2) is 7.36. The summed E-state index contributed by atoms with van der Waals surface area (Å²) in [6.45, 7) is 11.4. The second-order valence-electron chi connectivity index (χ2n) is 5.71. The number of thiazole rings is 1. The molecule has 1 aliphatic heterocycles. The minimum Gasteiger partial charge on any atom is -0.308 e. The maximum Gasteiger partial charge on any atom is 0.0897 e. The van der Waals surface area contributed by atoms with Crippen molar-refractivity contribution in [2.45, 2.75) is 52.6 Å². The summed E-state index contributed by atoms with van der Waals surface area (Å²) in [7, 11) is 0. The molecule has 3 nitrogen and oxygen atoms in total. The van der Waals surface area contributed by atoms with Crippen molar-refractivity contribution < 1.29 is 0 Å². The summed E-state index contributed by atoms with van der Waals surface area (Å²) in [4.78, 5) is 7.12. The number of nitrogens with zero attached hydrogens (tertiary/aromatic N) is 2. The molecule has 0 saturated carbocycles. The molecule has 19 heavy (non-hydrogen) atoms. The van der Waals surface area contributed by atoms with Gasteiger partial charge in [0.2, 0.25) is 0 Å². The molecule has 0 amide bonds. The van der Waals surface area contributed by atoms with E-state index in [1.165, 1.54) is 44.6 Å². The summed E-state index contributed by atoms with van der Waals surface area (Å²) < 4.78 is 0. The van der Waals surface area contributed by atoms with Crippen molar-refractivity contribution in [2.75, 3.05) is 19.6 Å². The van der Waals surface area contributed by atoms with Crippen molar-refractivity contribution in [3.05, 3.63) is 16.1 Å². The van der Waals surface area contributed by atoms with Gasteiger partial charge in [0.1, 0.15) is 0 Å².